The predicted octanol–water partition coefficient (Wildman–Crippen LogP) is 2.57. The molecule has 0 spiro atoms. The maximum Gasteiger partial charge on any atom is 0.139 e. The number of carbonyl (C=O) groups excluding carboxylic acids is 1. The molecule has 1 atom stereocenters. The first-order valence-electron chi connectivity index (χ1n) is 3.75. The number of ketones is 1. The Labute approximate surface area is 63.1 Å². The molecule has 0 N–H and O–H groups in total. The minimum Gasteiger partial charge on any atom is -0.299 e. The lowest BCUT2D eigenvalue weighted by Gasteiger charge is -2.02. The molecule has 0 bridgehead atoms. The second-order valence-corrected chi connectivity index (χ2v) is 2.85. The van der Waals surface area contributed by atoms with Crippen molar-refractivity contribution < 1.29 is 4.79 Å². The number of carbonyl (C=O) groups is 1. The molecule has 58 valence electrons. The molecule has 1 nitrogen and oxygen atoms in total. The molecule has 0 aliphatic rings. The first-order chi connectivity index (χ1) is 4.57. The highest BCUT2D eigenvalue weighted by atomic mass is 16.1. The van der Waals surface area contributed by atoms with Crippen LogP contribution in [-0.4, -0.2) is 5.78 Å². The Kier molecular flexibility index (Phi) is 4.01. The standard InChI is InChI=1S/C9H16O/c1-5-9(10)8(4)6-7(2)3/h6,8H,5H2,1-4H3. The molecule has 0 heterocycles. The van der Waals surface area contributed by atoms with Crippen molar-refractivity contribution in [1.82, 2.24) is 0 Å². The molecule has 0 aliphatic heterocycles. The van der Waals surface area contributed by atoms with Crippen LogP contribution < -0.4 is 0 Å². The van der Waals surface area contributed by atoms with E-state index in [4.69, 9.17) is 0 Å². The van der Waals surface area contributed by atoms with E-state index in [-0.39, 0.29) is 5.92 Å². The van der Waals surface area contributed by atoms with Crippen molar-refractivity contribution in [3.05, 3.63) is 11.6 Å². The number of rotatable bonds is 3. The first kappa shape index (κ1) is 9.41. The van der Waals surface area contributed by atoms with E-state index in [1.165, 1.54) is 5.57 Å². The zero-order valence-corrected chi connectivity index (χ0v) is 7.27. The van der Waals surface area contributed by atoms with Gasteiger partial charge >= 0.3 is 0 Å². The molecular weight excluding hydrogens is 124 g/mol. The summed E-state index contributed by atoms with van der Waals surface area (Å²) < 4.78 is 0. The SMILES string of the molecule is CCC(=O)C(C)C=C(C)C. The summed E-state index contributed by atoms with van der Waals surface area (Å²) in [5.74, 6) is 0.427. The molecule has 0 amide bonds. The van der Waals surface area contributed by atoms with E-state index in [1.54, 1.807) is 0 Å². The van der Waals surface area contributed by atoms with Gasteiger partial charge in [0.1, 0.15) is 5.78 Å². The summed E-state index contributed by atoms with van der Waals surface area (Å²) in [6.45, 7) is 7.87. The maximum absolute atomic E-state index is 11.0. The van der Waals surface area contributed by atoms with Gasteiger partial charge in [0.05, 0.1) is 0 Å². The van der Waals surface area contributed by atoms with Gasteiger partial charge in [-0.25, -0.2) is 0 Å². The molecule has 0 fully saturated rings. The van der Waals surface area contributed by atoms with Crippen LogP contribution in [0.4, 0.5) is 0 Å². The molecule has 0 radical (unpaired) electrons. The van der Waals surface area contributed by atoms with Crippen molar-refractivity contribution in [2.45, 2.75) is 34.1 Å². The van der Waals surface area contributed by atoms with Gasteiger partial charge < -0.3 is 0 Å². The first-order valence-corrected chi connectivity index (χ1v) is 3.75. The fraction of sp³-hybridized carbons (Fsp3) is 0.667. The zero-order valence-electron chi connectivity index (χ0n) is 7.27. The Morgan fingerprint density at radius 3 is 2.30 bits per heavy atom. The minimum absolute atomic E-state index is 0.106. The highest BCUT2D eigenvalue weighted by Gasteiger charge is 2.05. The summed E-state index contributed by atoms with van der Waals surface area (Å²) >= 11 is 0. The predicted molar refractivity (Wildman–Crippen MR) is 43.9 cm³/mol. The van der Waals surface area contributed by atoms with Gasteiger partial charge in [-0.05, 0) is 13.8 Å². The molecule has 0 aromatic carbocycles. The summed E-state index contributed by atoms with van der Waals surface area (Å²) in [7, 11) is 0. The quantitative estimate of drug-likeness (QED) is 0.551. The van der Waals surface area contributed by atoms with E-state index in [2.05, 4.69) is 0 Å². The molecule has 0 aromatic heterocycles. The molecule has 0 rings (SSSR count). The Morgan fingerprint density at radius 1 is 1.50 bits per heavy atom. The van der Waals surface area contributed by atoms with Crippen molar-refractivity contribution in [2.75, 3.05) is 0 Å². The molecule has 1 unspecified atom stereocenters. The van der Waals surface area contributed by atoms with Gasteiger partial charge in [-0.2, -0.15) is 0 Å². The van der Waals surface area contributed by atoms with Crippen LogP contribution >= 0.6 is 0 Å². The molecule has 0 aliphatic carbocycles. The lowest BCUT2D eigenvalue weighted by atomic mass is 10.0. The van der Waals surface area contributed by atoms with E-state index >= 15 is 0 Å². The van der Waals surface area contributed by atoms with Gasteiger partial charge in [0.25, 0.3) is 0 Å². The van der Waals surface area contributed by atoms with E-state index in [0.29, 0.717) is 12.2 Å². The van der Waals surface area contributed by atoms with Crippen LogP contribution in [0.15, 0.2) is 11.6 Å². The molecule has 10 heavy (non-hydrogen) atoms. The van der Waals surface area contributed by atoms with Gasteiger partial charge in [-0.1, -0.05) is 25.5 Å². The van der Waals surface area contributed by atoms with E-state index in [0.717, 1.165) is 0 Å². The van der Waals surface area contributed by atoms with Crippen molar-refractivity contribution in [3.8, 4) is 0 Å². The van der Waals surface area contributed by atoms with Gasteiger partial charge in [-0.3, -0.25) is 4.79 Å². The Bertz CT molecular complexity index is 141. The minimum atomic E-state index is 0.106. The summed E-state index contributed by atoms with van der Waals surface area (Å²) in [6.07, 6.45) is 2.65. The fourth-order valence-electron chi connectivity index (χ4n) is 0.915. The third-order valence-electron chi connectivity index (χ3n) is 1.44. The van der Waals surface area contributed by atoms with E-state index in [1.807, 2.05) is 33.8 Å². The Morgan fingerprint density at radius 2 is 2.00 bits per heavy atom. The Hall–Kier alpha value is -0.590. The van der Waals surface area contributed by atoms with Crippen LogP contribution in [0, 0.1) is 5.92 Å². The van der Waals surface area contributed by atoms with Crippen LogP contribution in [0.1, 0.15) is 34.1 Å². The largest absolute Gasteiger partial charge is 0.299 e. The smallest absolute Gasteiger partial charge is 0.139 e. The van der Waals surface area contributed by atoms with Crippen molar-refractivity contribution >= 4 is 5.78 Å². The summed E-state index contributed by atoms with van der Waals surface area (Å²) in [6, 6.07) is 0. The molecule has 0 aromatic rings. The average Bonchev–Trinajstić information content (AvgIpc) is 1.85. The average molecular weight is 140 g/mol. The molecule has 0 saturated carbocycles. The molecule has 1 heteroatoms. The highest BCUT2D eigenvalue weighted by molar-refractivity contribution is 5.81. The molecular formula is C9H16O. The van der Waals surface area contributed by atoms with Gasteiger partial charge in [0.15, 0.2) is 0 Å². The van der Waals surface area contributed by atoms with Crippen LogP contribution in [0.2, 0.25) is 0 Å². The summed E-state index contributed by atoms with van der Waals surface area (Å²) in [4.78, 5) is 11.0. The van der Waals surface area contributed by atoms with Crippen LogP contribution in [0.5, 0.6) is 0 Å². The second-order valence-electron chi connectivity index (χ2n) is 2.85. The maximum atomic E-state index is 11.0. The monoisotopic (exact) mass is 140 g/mol. The zero-order chi connectivity index (χ0) is 8.15. The van der Waals surface area contributed by atoms with Crippen LogP contribution in [0.25, 0.3) is 0 Å². The van der Waals surface area contributed by atoms with Crippen LogP contribution in [-0.2, 0) is 4.79 Å². The summed E-state index contributed by atoms with van der Waals surface area (Å²) in [5, 5.41) is 0. The van der Waals surface area contributed by atoms with Crippen molar-refractivity contribution in [1.29, 1.82) is 0 Å². The van der Waals surface area contributed by atoms with Gasteiger partial charge in [0, 0.05) is 12.3 Å². The lowest BCUT2D eigenvalue weighted by Crippen LogP contribution is -2.06. The highest BCUT2D eigenvalue weighted by Crippen LogP contribution is 2.05. The number of hydrogen-bond donors (Lipinski definition) is 0. The number of Topliss-reactive ketones (excluding diaryl/α,β-unsaturated/α-hetero) is 1. The van der Waals surface area contributed by atoms with Gasteiger partial charge in [-0.15, -0.1) is 0 Å². The second kappa shape index (κ2) is 4.26. The van der Waals surface area contributed by atoms with Gasteiger partial charge in [0.2, 0.25) is 0 Å². The third-order valence-corrected chi connectivity index (χ3v) is 1.44. The van der Waals surface area contributed by atoms with Crippen LogP contribution in [0.3, 0.4) is 0 Å². The van der Waals surface area contributed by atoms with E-state index in [9.17, 15) is 4.79 Å². The van der Waals surface area contributed by atoms with Crippen molar-refractivity contribution in [2.24, 2.45) is 5.92 Å². The lowest BCUT2D eigenvalue weighted by molar-refractivity contribution is -0.120. The van der Waals surface area contributed by atoms with E-state index < -0.39 is 0 Å². The number of allylic oxidation sites excluding steroid dienone is 2. The fourth-order valence-corrected chi connectivity index (χ4v) is 0.915. The Balaban J connectivity index is 3.96. The number of hydrogen-bond acceptors (Lipinski definition) is 1. The topological polar surface area (TPSA) is 17.1 Å². The normalized spacial score (nSPS) is 12.4. The van der Waals surface area contributed by atoms with Crippen molar-refractivity contribution in [3.63, 3.8) is 0 Å². The summed E-state index contributed by atoms with van der Waals surface area (Å²) in [5.41, 5.74) is 1.22. The third kappa shape index (κ3) is 3.44. The molecule has 0 saturated heterocycles.